The first-order chi connectivity index (χ1) is 16.3. The fourth-order valence-corrected chi connectivity index (χ4v) is 6.19. The molecule has 34 heavy (non-hydrogen) atoms. The Morgan fingerprint density at radius 1 is 1.21 bits per heavy atom. The maximum absolute atomic E-state index is 14.1. The monoisotopic (exact) mass is 526 g/mol. The largest absolute Gasteiger partial charge is 0.493 e. The lowest BCUT2D eigenvalue weighted by Crippen LogP contribution is -2.67. The smallest absolute Gasteiger partial charge is 0.312 e. The molecular weight excluding hydrogens is 500 g/mol. The Morgan fingerprint density at radius 2 is 1.94 bits per heavy atom. The van der Waals surface area contributed by atoms with Crippen molar-refractivity contribution in [2.24, 2.45) is 11.8 Å². The van der Waals surface area contributed by atoms with Crippen LogP contribution < -0.4 is 4.74 Å². The summed E-state index contributed by atoms with van der Waals surface area (Å²) in [5, 5.41) is 0. The topological polar surface area (TPSA) is 76.2 Å². The highest BCUT2D eigenvalue weighted by atomic mass is 79.9. The number of piperazine rings is 1. The average Bonchev–Trinajstić information content (AvgIpc) is 3.09. The highest BCUT2D eigenvalue weighted by Crippen LogP contribution is 2.57. The summed E-state index contributed by atoms with van der Waals surface area (Å²) in [4.78, 5) is 44.2. The second-order valence-electron chi connectivity index (χ2n) is 9.39. The van der Waals surface area contributed by atoms with Crippen molar-refractivity contribution in [1.82, 2.24) is 9.80 Å². The molecule has 0 saturated carbocycles. The lowest BCUT2D eigenvalue weighted by atomic mass is 9.77. The molecule has 3 heterocycles. The lowest BCUT2D eigenvalue weighted by Gasteiger charge is -2.47. The summed E-state index contributed by atoms with van der Waals surface area (Å²) < 4.78 is 12.3. The number of ether oxygens (including phenoxy) is 2. The van der Waals surface area contributed by atoms with Gasteiger partial charge < -0.3 is 19.3 Å². The summed E-state index contributed by atoms with van der Waals surface area (Å²) in [7, 11) is 0. The molecule has 5 rings (SSSR count). The Hall–Kier alpha value is -2.87. The first kappa shape index (κ1) is 22.9. The molecule has 0 aromatic heterocycles. The first-order valence-corrected chi connectivity index (χ1v) is 12.3. The van der Waals surface area contributed by atoms with Crippen molar-refractivity contribution in [3.05, 3.63) is 63.6 Å². The number of nitrogens with zero attached hydrogens (tertiary/aromatic N) is 2. The summed E-state index contributed by atoms with van der Waals surface area (Å²) in [5.74, 6) is -1.44. The zero-order chi connectivity index (χ0) is 24.2. The summed E-state index contributed by atoms with van der Waals surface area (Å²) in [5.41, 5.74) is 1.49. The molecule has 0 unspecified atom stereocenters. The summed E-state index contributed by atoms with van der Waals surface area (Å²) >= 11 is 3.51. The van der Waals surface area contributed by atoms with Crippen LogP contribution in [0.3, 0.4) is 0 Å². The predicted octanol–water partition coefficient (Wildman–Crippen LogP) is 3.63. The van der Waals surface area contributed by atoms with Crippen LogP contribution in [-0.2, 0) is 25.7 Å². The third kappa shape index (κ3) is 3.42. The molecule has 2 aromatic carbocycles. The van der Waals surface area contributed by atoms with Gasteiger partial charge in [-0.25, -0.2) is 0 Å². The average molecular weight is 527 g/mol. The minimum atomic E-state index is -1.37. The van der Waals surface area contributed by atoms with Crippen molar-refractivity contribution in [3.63, 3.8) is 0 Å². The van der Waals surface area contributed by atoms with Crippen LogP contribution in [0.4, 0.5) is 0 Å². The van der Waals surface area contributed by atoms with Gasteiger partial charge in [-0.3, -0.25) is 14.4 Å². The molecule has 178 valence electrons. The Morgan fingerprint density at radius 3 is 2.65 bits per heavy atom. The fraction of sp³-hybridized carbons (Fsp3) is 0.423. The molecule has 2 amide bonds. The Labute approximate surface area is 207 Å². The van der Waals surface area contributed by atoms with Gasteiger partial charge in [0, 0.05) is 22.5 Å². The van der Waals surface area contributed by atoms with Gasteiger partial charge in [0.05, 0.1) is 25.2 Å². The number of hydrogen-bond acceptors (Lipinski definition) is 5. The molecule has 0 aliphatic carbocycles. The summed E-state index contributed by atoms with van der Waals surface area (Å²) in [6.45, 7) is 6.15. The maximum Gasteiger partial charge on any atom is 0.312 e. The normalized spacial score (nSPS) is 27.6. The Kier molecular flexibility index (Phi) is 5.67. The van der Waals surface area contributed by atoms with E-state index < -0.39 is 29.4 Å². The second kappa shape index (κ2) is 8.41. The van der Waals surface area contributed by atoms with Crippen LogP contribution in [0.1, 0.15) is 36.6 Å². The lowest BCUT2D eigenvalue weighted by molar-refractivity contribution is -0.170. The van der Waals surface area contributed by atoms with Gasteiger partial charge in [-0.2, -0.15) is 0 Å². The molecule has 3 aliphatic heterocycles. The van der Waals surface area contributed by atoms with Crippen LogP contribution in [0.2, 0.25) is 0 Å². The van der Waals surface area contributed by atoms with Gasteiger partial charge >= 0.3 is 5.97 Å². The fourth-order valence-electron chi connectivity index (χ4n) is 5.81. The van der Waals surface area contributed by atoms with Crippen molar-refractivity contribution >= 4 is 33.7 Å². The number of esters is 1. The van der Waals surface area contributed by atoms with E-state index in [1.54, 1.807) is 23.6 Å². The van der Waals surface area contributed by atoms with Crippen molar-refractivity contribution in [2.75, 3.05) is 19.8 Å². The number of carbonyl (C=O) groups is 3. The number of amides is 2. The molecule has 0 spiro atoms. The standard InChI is InChI=1S/C26H27BrN2O5/c1-4-33-24(31)22-19-14-34-20-10-9-17(27)11-18(20)23(19)29-21(30)13-28(25(32)26(22,29)3)12-16-7-5-15(2)6-8-16/h5-11,19,22-23H,4,12-14H2,1-3H3/t19-,22-,23-,26-/m1/s1. The summed E-state index contributed by atoms with van der Waals surface area (Å²) in [6.07, 6.45) is 0. The third-order valence-electron chi connectivity index (χ3n) is 7.29. The van der Waals surface area contributed by atoms with Crippen molar-refractivity contribution in [3.8, 4) is 5.75 Å². The number of fused-ring (bicyclic) bond motifs is 5. The highest BCUT2D eigenvalue weighted by Gasteiger charge is 2.69. The van der Waals surface area contributed by atoms with Gasteiger partial charge in [-0.15, -0.1) is 0 Å². The number of hydrogen-bond donors (Lipinski definition) is 0. The van der Waals surface area contributed by atoms with E-state index >= 15 is 0 Å². The van der Waals surface area contributed by atoms with Crippen molar-refractivity contribution < 1.29 is 23.9 Å². The van der Waals surface area contributed by atoms with Crippen molar-refractivity contribution in [2.45, 2.75) is 38.9 Å². The van der Waals surface area contributed by atoms with E-state index in [0.717, 1.165) is 21.2 Å². The van der Waals surface area contributed by atoms with Crippen LogP contribution in [-0.4, -0.2) is 52.9 Å². The van der Waals surface area contributed by atoms with Crippen LogP contribution in [0.15, 0.2) is 46.9 Å². The molecule has 2 saturated heterocycles. The summed E-state index contributed by atoms with van der Waals surface area (Å²) in [6, 6.07) is 13.1. The van der Waals surface area contributed by atoms with Gasteiger partial charge in [0.15, 0.2) is 0 Å². The van der Waals surface area contributed by atoms with E-state index in [2.05, 4.69) is 15.9 Å². The van der Waals surface area contributed by atoms with Gasteiger partial charge in [0.25, 0.3) is 0 Å². The van der Waals surface area contributed by atoms with Gasteiger partial charge in [0.1, 0.15) is 17.8 Å². The van der Waals surface area contributed by atoms with E-state index in [4.69, 9.17) is 9.47 Å². The van der Waals surface area contributed by atoms with E-state index in [-0.39, 0.29) is 31.6 Å². The molecule has 0 N–H and O–H groups in total. The van der Waals surface area contributed by atoms with Gasteiger partial charge in [0.2, 0.25) is 11.8 Å². The van der Waals surface area contributed by atoms with E-state index in [1.807, 2.05) is 49.4 Å². The van der Waals surface area contributed by atoms with Gasteiger partial charge in [-0.1, -0.05) is 45.8 Å². The molecule has 0 radical (unpaired) electrons. The molecule has 2 aromatic rings. The maximum atomic E-state index is 14.1. The molecule has 3 aliphatic rings. The molecule has 2 fully saturated rings. The molecule has 4 atom stereocenters. The van der Waals surface area contributed by atoms with Crippen molar-refractivity contribution in [1.29, 1.82) is 0 Å². The first-order valence-electron chi connectivity index (χ1n) is 11.5. The number of rotatable bonds is 4. The second-order valence-corrected chi connectivity index (χ2v) is 10.3. The van der Waals surface area contributed by atoms with E-state index in [1.165, 1.54) is 0 Å². The quantitative estimate of drug-likeness (QED) is 0.568. The minimum Gasteiger partial charge on any atom is -0.493 e. The zero-order valence-corrected chi connectivity index (χ0v) is 21.0. The SMILES string of the molecule is CCOC(=O)[C@H]1[C@H]2COc3ccc(Br)cc3[C@H]2N2C(=O)CN(Cc3ccc(C)cc3)C(=O)[C@@]12C. The van der Waals surface area contributed by atoms with Crippen LogP contribution in [0.25, 0.3) is 0 Å². The molecule has 8 heteroatoms. The van der Waals surface area contributed by atoms with E-state index in [9.17, 15) is 14.4 Å². The van der Waals surface area contributed by atoms with Crippen LogP contribution >= 0.6 is 15.9 Å². The van der Waals surface area contributed by atoms with Gasteiger partial charge in [-0.05, 0) is 44.5 Å². The third-order valence-corrected chi connectivity index (χ3v) is 7.78. The number of benzene rings is 2. The predicted molar refractivity (Wildman–Crippen MR) is 128 cm³/mol. The molecular formula is C26H27BrN2O5. The van der Waals surface area contributed by atoms with Crippen LogP contribution in [0, 0.1) is 18.8 Å². The zero-order valence-electron chi connectivity index (χ0n) is 19.4. The highest BCUT2D eigenvalue weighted by molar-refractivity contribution is 9.10. The number of halogens is 1. The number of aryl methyl sites for hydroxylation is 1. The molecule has 7 nitrogen and oxygen atoms in total. The Balaban J connectivity index is 1.59. The minimum absolute atomic E-state index is 0.0364. The number of carbonyl (C=O) groups excluding carboxylic acids is 3. The van der Waals surface area contributed by atoms with Crippen LogP contribution in [0.5, 0.6) is 5.75 Å². The molecule has 0 bridgehead atoms. The van der Waals surface area contributed by atoms with E-state index in [0.29, 0.717) is 12.3 Å². The Bertz CT molecular complexity index is 1170.